The lowest BCUT2D eigenvalue weighted by Crippen LogP contribution is -2.20. The van der Waals surface area contributed by atoms with Gasteiger partial charge in [0.2, 0.25) is 0 Å². The SMILES string of the molecule is C=CCc1ccc(OCC(=O)Nc2cccc(S(C)(=O)=O)c2)c(OC)c1. The van der Waals surface area contributed by atoms with Gasteiger partial charge in [0.15, 0.2) is 27.9 Å². The van der Waals surface area contributed by atoms with Gasteiger partial charge in [0.05, 0.1) is 12.0 Å². The van der Waals surface area contributed by atoms with Crippen molar-refractivity contribution in [1.29, 1.82) is 0 Å². The van der Waals surface area contributed by atoms with Crippen molar-refractivity contribution in [3.63, 3.8) is 0 Å². The fourth-order valence-corrected chi connectivity index (χ4v) is 2.94. The van der Waals surface area contributed by atoms with Gasteiger partial charge < -0.3 is 14.8 Å². The van der Waals surface area contributed by atoms with Gasteiger partial charge >= 0.3 is 0 Å². The maximum Gasteiger partial charge on any atom is 0.262 e. The van der Waals surface area contributed by atoms with Crippen molar-refractivity contribution in [1.82, 2.24) is 0 Å². The molecule has 1 amide bonds. The summed E-state index contributed by atoms with van der Waals surface area (Å²) in [5.41, 5.74) is 1.40. The first kappa shape index (κ1) is 19.5. The van der Waals surface area contributed by atoms with E-state index in [0.29, 0.717) is 23.6 Å². The van der Waals surface area contributed by atoms with Gasteiger partial charge in [-0.25, -0.2) is 8.42 Å². The van der Waals surface area contributed by atoms with E-state index < -0.39 is 15.7 Å². The molecule has 7 heteroatoms. The zero-order chi connectivity index (χ0) is 19.2. The number of sulfone groups is 1. The molecule has 0 bridgehead atoms. The number of benzene rings is 2. The Kier molecular flexibility index (Phi) is 6.41. The Morgan fingerprint density at radius 3 is 2.62 bits per heavy atom. The van der Waals surface area contributed by atoms with E-state index in [0.717, 1.165) is 11.8 Å². The summed E-state index contributed by atoms with van der Waals surface area (Å²) in [5.74, 6) is 0.560. The smallest absolute Gasteiger partial charge is 0.262 e. The fourth-order valence-electron chi connectivity index (χ4n) is 2.27. The van der Waals surface area contributed by atoms with Crippen molar-refractivity contribution in [2.75, 3.05) is 25.3 Å². The highest BCUT2D eigenvalue weighted by atomic mass is 32.2. The molecule has 0 saturated carbocycles. The van der Waals surface area contributed by atoms with Gasteiger partial charge in [-0.2, -0.15) is 0 Å². The number of allylic oxidation sites excluding steroid dienone is 1. The summed E-state index contributed by atoms with van der Waals surface area (Å²) in [6.07, 6.45) is 3.60. The van der Waals surface area contributed by atoms with E-state index in [2.05, 4.69) is 11.9 Å². The van der Waals surface area contributed by atoms with Gasteiger partial charge in [0.1, 0.15) is 0 Å². The number of anilines is 1. The number of rotatable bonds is 8. The van der Waals surface area contributed by atoms with Crippen LogP contribution in [-0.2, 0) is 21.1 Å². The molecule has 2 rings (SSSR count). The molecule has 0 atom stereocenters. The van der Waals surface area contributed by atoms with Gasteiger partial charge in [-0.05, 0) is 42.3 Å². The van der Waals surface area contributed by atoms with Crippen LogP contribution < -0.4 is 14.8 Å². The minimum absolute atomic E-state index is 0.135. The second-order valence-electron chi connectivity index (χ2n) is 5.61. The second-order valence-corrected chi connectivity index (χ2v) is 7.63. The number of hydrogen-bond donors (Lipinski definition) is 1. The lowest BCUT2D eigenvalue weighted by molar-refractivity contribution is -0.118. The molecule has 138 valence electrons. The van der Waals surface area contributed by atoms with Crippen molar-refractivity contribution in [2.24, 2.45) is 0 Å². The molecule has 1 N–H and O–H groups in total. The Bertz CT molecular complexity index is 906. The highest BCUT2D eigenvalue weighted by Crippen LogP contribution is 2.28. The topological polar surface area (TPSA) is 81.7 Å². The first-order valence-corrected chi connectivity index (χ1v) is 9.73. The molecule has 0 aliphatic rings. The van der Waals surface area contributed by atoms with E-state index in [4.69, 9.17) is 9.47 Å². The second kappa shape index (κ2) is 8.53. The minimum atomic E-state index is -3.34. The van der Waals surface area contributed by atoms with Crippen LogP contribution in [0.15, 0.2) is 60.0 Å². The molecule has 0 unspecified atom stereocenters. The third-order valence-electron chi connectivity index (χ3n) is 3.51. The van der Waals surface area contributed by atoms with Crippen LogP contribution in [0.4, 0.5) is 5.69 Å². The van der Waals surface area contributed by atoms with E-state index >= 15 is 0 Å². The predicted molar refractivity (Wildman–Crippen MR) is 101 cm³/mol. The van der Waals surface area contributed by atoms with E-state index in [1.807, 2.05) is 12.1 Å². The molecule has 26 heavy (non-hydrogen) atoms. The number of carbonyl (C=O) groups excluding carboxylic acids is 1. The largest absolute Gasteiger partial charge is 0.493 e. The van der Waals surface area contributed by atoms with Crippen LogP contribution in [0.2, 0.25) is 0 Å². The summed E-state index contributed by atoms with van der Waals surface area (Å²) in [4.78, 5) is 12.2. The van der Waals surface area contributed by atoms with Gasteiger partial charge in [0.25, 0.3) is 5.91 Å². The van der Waals surface area contributed by atoms with Crippen molar-refractivity contribution >= 4 is 21.4 Å². The average molecular weight is 375 g/mol. The maximum atomic E-state index is 12.1. The molecule has 0 spiro atoms. The summed E-state index contributed by atoms with van der Waals surface area (Å²) in [6, 6.07) is 11.5. The van der Waals surface area contributed by atoms with Crippen molar-refractivity contribution in [3.05, 3.63) is 60.7 Å². The fraction of sp³-hybridized carbons (Fsp3) is 0.211. The molecular formula is C19H21NO5S. The van der Waals surface area contributed by atoms with E-state index in [-0.39, 0.29) is 11.5 Å². The average Bonchev–Trinajstić information content (AvgIpc) is 2.60. The lowest BCUT2D eigenvalue weighted by Gasteiger charge is -2.12. The molecule has 6 nitrogen and oxygen atoms in total. The summed E-state index contributed by atoms with van der Waals surface area (Å²) < 4.78 is 33.9. The first-order chi connectivity index (χ1) is 12.3. The molecule has 0 aromatic heterocycles. The number of carbonyl (C=O) groups is 1. The molecule has 2 aromatic rings. The Morgan fingerprint density at radius 1 is 1.19 bits per heavy atom. The molecule has 0 fully saturated rings. The Morgan fingerprint density at radius 2 is 1.96 bits per heavy atom. The maximum absolute atomic E-state index is 12.1. The number of hydrogen-bond acceptors (Lipinski definition) is 5. The zero-order valence-corrected chi connectivity index (χ0v) is 15.5. The molecule has 2 aromatic carbocycles. The quantitative estimate of drug-likeness (QED) is 0.718. The van der Waals surface area contributed by atoms with Crippen LogP contribution in [0.3, 0.4) is 0 Å². The number of nitrogens with one attached hydrogen (secondary N) is 1. The minimum Gasteiger partial charge on any atom is -0.493 e. The normalized spacial score (nSPS) is 10.8. The van der Waals surface area contributed by atoms with Crippen LogP contribution >= 0.6 is 0 Å². The van der Waals surface area contributed by atoms with Crippen LogP contribution in [0.5, 0.6) is 11.5 Å². The summed E-state index contributed by atoms with van der Waals surface area (Å²) in [7, 11) is -1.82. The molecule has 0 radical (unpaired) electrons. The van der Waals surface area contributed by atoms with Crippen LogP contribution in [0.1, 0.15) is 5.56 Å². The van der Waals surface area contributed by atoms with Crippen LogP contribution in [0, 0.1) is 0 Å². The molecular weight excluding hydrogens is 354 g/mol. The highest BCUT2D eigenvalue weighted by molar-refractivity contribution is 7.90. The van der Waals surface area contributed by atoms with E-state index in [9.17, 15) is 13.2 Å². The van der Waals surface area contributed by atoms with Crippen LogP contribution in [-0.4, -0.2) is 34.3 Å². The molecule has 0 heterocycles. The molecule has 0 aliphatic carbocycles. The van der Waals surface area contributed by atoms with E-state index in [1.165, 1.54) is 19.2 Å². The predicted octanol–water partition coefficient (Wildman–Crippen LogP) is 2.84. The Labute approximate surface area is 153 Å². The summed E-state index contributed by atoms with van der Waals surface area (Å²) >= 11 is 0. The van der Waals surface area contributed by atoms with E-state index in [1.54, 1.807) is 24.3 Å². The third-order valence-corrected chi connectivity index (χ3v) is 4.62. The third kappa shape index (κ3) is 5.35. The summed E-state index contributed by atoms with van der Waals surface area (Å²) in [5, 5.41) is 2.61. The number of methoxy groups -OCH3 is 1. The molecule has 0 aliphatic heterocycles. The zero-order valence-electron chi connectivity index (χ0n) is 14.7. The Hall–Kier alpha value is -2.80. The van der Waals surface area contributed by atoms with Gasteiger partial charge in [-0.1, -0.05) is 18.2 Å². The van der Waals surface area contributed by atoms with Gasteiger partial charge in [-0.3, -0.25) is 4.79 Å². The lowest BCUT2D eigenvalue weighted by atomic mass is 10.1. The monoisotopic (exact) mass is 375 g/mol. The van der Waals surface area contributed by atoms with Crippen molar-refractivity contribution in [3.8, 4) is 11.5 Å². The number of ether oxygens (including phenoxy) is 2. The number of amides is 1. The highest BCUT2D eigenvalue weighted by Gasteiger charge is 2.11. The first-order valence-electron chi connectivity index (χ1n) is 7.84. The van der Waals surface area contributed by atoms with Crippen LogP contribution in [0.25, 0.3) is 0 Å². The standard InChI is InChI=1S/C19H21NO5S/c1-4-6-14-9-10-17(18(11-14)24-2)25-13-19(21)20-15-7-5-8-16(12-15)26(3,22)23/h4-5,7-12H,1,6,13H2,2-3H3,(H,20,21). The Balaban J connectivity index is 2.02. The molecule has 0 saturated heterocycles. The summed E-state index contributed by atoms with van der Waals surface area (Å²) in [6.45, 7) is 3.46. The van der Waals surface area contributed by atoms with Crippen molar-refractivity contribution < 1.29 is 22.7 Å². The van der Waals surface area contributed by atoms with Crippen molar-refractivity contribution in [2.45, 2.75) is 11.3 Å². The van der Waals surface area contributed by atoms with Gasteiger partial charge in [-0.15, -0.1) is 6.58 Å². The van der Waals surface area contributed by atoms with Gasteiger partial charge in [0, 0.05) is 11.9 Å².